The van der Waals surface area contributed by atoms with Crippen molar-refractivity contribution in [3.8, 4) is 11.5 Å². The molecule has 26 heavy (non-hydrogen) atoms. The Kier molecular flexibility index (Phi) is 7.03. The lowest BCUT2D eigenvalue weighted by Gasteiger charge is -2.11. The zero-order valence-corrected chi connectivity index (χ0v) is 14.3. The lowest BCUT2D eigenvalue weighted by atomic mass is 10.2. The first-order valence-electron chi connectivity index (χ1n) is 8.12. The molecule has 0 aromatic heterocycles. The Bertz CT molecular complexity index is 732. The first-order chi connectivity index (χ1) is 12.4. The molecule has 4 nitrogen and oxygen atoms in total. The van der Waals surface area contributed by atoms with Gasteiger partial charge in [-0.25, -0.2) is 0 Å². The predicted molar refractivity (Wildman–Crippen MR) is 91.4 cm³/mol. The molecule has 2 aromatic carbocycles. The molecule has 1 N–H and O–H groups in total. The molecule has 0 aliphatic carbocycles. The molecule has 0 aliphatic heterocycles. The molecule has 0 heterocycles. The zero-order valence-electron chi connectivity index (χ0n) is 14.3. The van der Waals surface area contributed by atoms with Gasteiger partial charge in [0.15, 0.2) is 0 Å². The van der Waals surface area contributed by atoms with E-state index in [2.05, 4.69) is 5.32 Å². The van der Waals surface area contributed by atoms with E-state index in [0.717, 1.165) is 25.0 Å². The van der Waals surface area contributed by atoms with Crippen LogP contribution in [0.3, 0.4) is 0 Å². The van der Waals surface area contributed by atoms with Crippen LogP contribution in [0.4, 0.5) is 13.2 Å². The molecule has 0 aliphatic rings. The van der Waals surface area contributed by atoms with Gasteiger partial charge in [-0.05, 0) is 49.2 Å². The number of methoxy groups -OCH3 is 1. The summed E-state index contributed by atoms with van der Waals surface area (Å²) in [4.78, 5) is 12.1. The second-order valence-electron chi connectivity index (χ2n) is 5.61. The third-order valence-electron chi connectivity index (χ3n) is 3.55. The number of carbonyl (C=O) groups excluding carboxylic acids is 1. The van der Waals surface area contributed by atoms with Crippen LogP contribution in [-0.4, -0.2) is 26.2 Å². The molecule has 2 rings (SSSR count). The van der Waals surface area contributed by atoms with Gasteiger partial charge in [0.2, 0.25) is 0 Å². The number of amides is 1. The van der Waals surface area contributed by atoms with Crippen LogP contribution in [0.25, 0.3) is 0 Å². The smallest absolute Gasteiger partial charge is 0.416 e. The van der Waals surface area contributed by atoms with Crippen LogP contribution < -0.4 is 10.1 Å². The maximum atomic E-state index is 12.8. The van der Waals surface area contributed by atoms with Crippen molar-refractivity contribution >= 4 is 5.91 Å². The lowest BCUT2D eigenvalue weighted by Crippen LogP contribution is -2.24. The fraction of sp³-hybridized carbons (Fsp3) is 0.316. The Hall–Kier alpha value is -2.54. The summed E-state index contributed by atoms with van der Waals surface area (Å²) < 4.78 is 48.7. The fourth-order valence-electron chi connectivity index (χ4n) is 2.25. The highest BCUT2D eigenvalue weighted by atomic mass is 19.4. The standard InChI is InChI=1S/C19H20F3NO3/c1-25-11-3-2-10-23-18(24)14-6-4-8-16(12-14)26-17-9-5-7-15(13-17)19(20,21)22/h4-9,12-13H,2-3,10-11H2,1H3,(H,23,24). The predicted octanol–water partition coefficient (Wildman–Crippen LogP) is 4.65. The van der Waals surface area contributed by atoms with Gasteiger partial charge in [0.05, 0.1) is 5.56 Å². The second kappa shape index (κ2) is 9.24. The van der Waals surface area contributed by atoms with E-state index in [1.165, 1.54) is 18.2 Å². The average Bonchev–Trinajstić information content (AvgIpc) is 2.61. The number of rotatable bonds is 8. The minimum atomic E-state index is -4.44. The second-order valence-corrected chi connectivity index (χ2v) is 5.61. The lowest BCUT2D eigenvalue weighted by molar-refractivity contribution is -0.137. The Morgan fingerprint density at radius 1 is 1.04 bits per heavy atom. The van der Waals surface area contributed by atoms with Crippen molar-refractivity contribution in [3.63, 3.8) is 0 Å². The molecular weight excluding hydrogens is 347 g/mol. The number of hydrogen-bond acceptors (Lipinski definition) is 3. The van der Waals surface area contributed by atoms with Gasteiger partial charge in [0.25, 0.3) is 5.91 Å². The number of halogens is 3. The summed E-state index contributed by atoms with van der Waals surface area (Å²) in [6.45, 7) is 1.15. The van der Waals surface area contributed by atoms with E-state index < -0.39 is 11.7 Å². The number of alkyl halides is 3. The zero-order chi connectivity index (χ0) is 19.0. The summed E-state index contributed by atoms with van der Waals surface area (Å²) in [5.41, 5.74) is -0.416. The molecule has 0 radical (unpaired) electrons. The van der Waals surface area contributed by atoms with Crippen molar-refractivity contribution in [1.29, 1.82) is 0 Å². The van der Waals surface area contributed by atoms with E-state index in [9.17, 15) is 18.0 Å². The third kappa shape index (κ3) is 6.07. The first-order valence-corrected chi connectivity index (χ1v) is 8.12. The van der Waals surface area contributed by atoms with E-state index in [4.69, 9.17) is 9.47 Å². The number of unbranched alkanes of at least 4 members (excludes halogenated alkanes) is 1. The summed E-state index contributed by atoms with van der Waals surface area (Å²) in [6.07, 6.45) is -2.81. The molecule has 140 valence electrons. The van der Waals surface area contributed by atoms with Crippen LogP contribution in [0.5, 0.6) is 11.5 Å². The van der Waals surface area contributed by atoms with Crippen LogP contribution in [0, 0.1) is 0 Å². The van der Waals surface area contributed by atoms with Crippen LogP contribution >= 0.6 is 0 Å². The van der Waals surface area contributed by atoms with Gasteiger partial charge in [-0.3, -0.25) is 4.79 Å². The quantitative estimate of drug-likeness (QED) is 0.691. The number of nitrogens with one attached hydrogen (secondary N) is 1. The SMILES string of the molecule is COCCCCNC(=O)c1cccc(Oc2cccc(C(F)(F)F)c2)c1. The molecule has 7 heteroatoms. The van der Waals surface area contributed by atoms with E-state index in [0.29, 0.717) is 18.7 Å². The maximum Gasteiger partial charge on any atom is 0.416 e. The van der Waals surface area contributed by atoms with Gasteiger partial charge in [0.1, 0.15) is 11.5 Å². The molecule has 0 saturated heterocycles. The maximum absolute atomic E-state index is 12.8. The fourth-order valence-corrected chi connectivity index (χ4v) is 2.25. The minimum Gasteiger partial charge on any atom is -0.457 e. The van der Waals surface area contributed by atoms with Gasteiger partial charge in [-0.15, -0.1) is 0 Å². The van der Waals surface area contributed by atoms with Gasteiger partial charge in [-0.1, -0.05) is 12.1 Å². The van der Waals surface area contributed by atoms with Crippen molar-refractivity contribution in [2.45, 2.75) is 19.0 Å². The first kappa shape index (κ1) is 19.8. The Labute approximate surface area is 149 Å². The number of hydrogen-bond donors (Lipinski definition) is 1. The summed E-state index contributed by atoms with van der Waals surface area (Å²) in [6, 6.07) is 10.9. The molecule has 2 aromatic rings. The molecule has 0 fully saturated rings. The monoisotopic (exact) mass is 367 g/mol. The Morgan fingerprint density at radius 3 is 2.42 bits per heavy atom. The summed E-state index contributed by atoms with van der Waals surface area (Å²) in [7, 11) is 1.62. The van der Waals surface area contributed by atoms with Crippen molar-refractivity contribution < 1.29 is 27.4 Å². The Morgan fingerprint density at radius 2 is 1.73 bits per heavy atom. The van der Waals surface area contributed by atoms with Crippen LogP contribution in [0.2, 0.25) is 0 Å². The number of benzene rings is 2. The molecule has 0 saturated carbocycles. The van der Waals surface area contributed by atoms with Gasteiger partial charge < -0.3 is 14.8 Å². The van der Waals surface area contributed by atoms with E-state index in [1.807, 2.05) is 0 Å². The van der Waals surface area contributed by atoms with Gasteiger partial charge >= 0.3 is 6.18 Å². The molecule has 1 amide bonds. The van der Waals surface area contributed by atoms with E-state index in [1.54, 1.807) is 25.3 Å². The van der Waals surface area contributed by atoms with Crippen LogP contribution in [0.15, 0.2) is 48.5 Å². The highest BCUT2D eigenvalue weighted by Gasteiger charge is 2.30. The summed E-state index contributed by atoms with van der Waals surface area (Å²) in [5.74, 6) is 0.0743. The third-order valence-corrected chi connectivity index (χ3v) is 3.55. The Balaban J connectivity index is 2.00. The molecular formula is C19H20F3NO3. The summed E-state index contributed by atoms with van der Waals surface area (Å²) >= 11 is 0. The highest BCUT2D eigenvalue weighted by Crippen LogP contribution is 2.32. The van der Waals surface area contributed by atoms with Gasteiger partial charge in [-0.2, -0.15) is 13.2 Å². The average molecular weight is 367 g/mol. The van der Waals surface area contributed by atoms with Crippen molar-refractivity contribution in [2.75, 3.05) is 20.3 Å². The number of carbonyl (C=O) groups is 1. The van der Waals surface area contributed by atoms with Crippen molar-refractivity contribution in [1.82, 2.24) is 5.32 Å². The summed E-state index contributed by atoms with van der Waals surface area (Å²) in [5, 5.41) is 2.78. The molecule has 0 bridgehead atoms. The van der Waals surface area contributed by atoms with E-state index >= 15 is 0 Å². The van der Waals surface area contributed by atoms with Crippen LogP contribution in [-0.2, 0) is 10.9 Å². The molecule has 0 atom stereocenters. The van der Waals surface area contributed by atoms with Crippen molar-refractivity contribution in [2.24, 2.45) is 0 Å². The number of ether oxygens (including phenoxy) is 2. The molecule has 0 spiro atoms. The normalized spacial score (nSPS) is 11.2. The van der Waals surface area contributed by atoms with E-state index in [-0.39, 0.29) is 17.4 Å². The highest BCUT2D eigenvalue weighted by molar-refractivity contribution is 5.94. The minimum absolute atomic E-state index is 0.0527. The molecule has 0 unspecified atom stereocenters. The van der Waals surface area contributed by atoms with Crippen molar-refractivity contribution in [3.05, 3.63) is 59.7 Å². The largest absolute Gasteiger partial charge is 0.457 e. The topological polar surface area (TPSA) is 47.6 Å². The van der Waals surface area contributed by atoms with Crippen LogP contribution in [0.1, 0.15) is 28.8 Å². The van der Waals surface area contributed by atoms with Gasteiger partial charge in [0, 0.05) is 25.8 Å².